The molecule has 0 radical (unpaired) electrons. The summed E-state index contributed by atoms with van der Waals surface area (Å²) >= 11 is 4.85. The number of amides is 1. The number of ether oxygens (including phenoxy) is 1. The number of hydrogen-bond donors (Lipinski definition) is 2. The molecule has 1 aliphatic rings. The molecule has 2 heterocycles. The fourth-order valence-electron chi connectivity index (χ4n) is 2.31. The third-order valence-electron chi connectivity index (χ3n) is 3.55. The zero-order valence-electron chi connectivity index (χ0n) is 11.9. The van der Waals surface area contributed by atoms with Crippen molar-refractivity contribution in [3.8, 4) is 0 Å². The van der Waals surface area contributed by atoms with Crippen molar-refractivity contribution in [1.29, 1.82) is 0 Å². The Morgan fingerprint density at radius 3 is 2.76 bits per heavy atom. The summed E-state index contributed by atoms with van der Waals surface area (Å²) in [5.41, 5.74) is 6.14. The summed E-state index contributed by atoms with van der Waals surface area (Å²) in [5, 5.41) is 2.93. The van der Waals surface area contributed by atoms with Crippen molar-refractivity contribution < 1.29 is 9.53 Å². The van der Waals surface area contributed by atoms with Gasteiger partial charge < -0.3 is 20.4 Å². The number of pyridine rings is 1. The van der Waals surface area contributed by atoms with Gasteiger partial charge in [0.2, 0.25) is 5.91 Å². The van der Waals surface area contributed by atoms with Gasteiger partial charge in [0.1, 0.15) is 11.5 Å². The van der Waals surface area contributed by atoms with Crippen molar-refractivity contribution in [2.45, 2.75) is 32.4 Å². The lowest BCUT2D eigenvalue weighted by atomic mass is 10.1. The lowest BCUT2D eigenvalue weighted by Crippen LogP contribution is -2.42. The highest BCUT2D eigenvalue weighted by Gasteiger charge is 2.17. The van der Waals surface area contributed by atoms with Gasteiger partial charge in [0.25, 0.3) is 5.56 Å². The molecule has 21 heavy (non-hydrogen) atoms. The molecule has 1 aliphatic heterocycles. The second-order valence-electron chi connectivity index (χ2n) is 5.10. The number of nitrogens with zero attached hydrogens (tertiary/aromatic N) is 1. The number of carbonyl (C=O) groups is 1. The highest BCUT2D eigenvalue weighted by molar-refractivity contribution is 7.80. The average molecular weight is 309 g/mol. The van der Waals surface area contributed by atoms with E-state index in [1.54, 1.807) is 19.1 Å². The summed E-state index contributed by atoms with van der Waals surface area (Å²) < 4.78 is 6.64. The second kappa shape index (κ2) is 6.82. The Morgan fingerprint density at radius 1 is 1.48 bits per heavy atom. The van der Waals surface area contributed by atoms with Crippen molar-refractivity contribution in [1.82, 2.24) is 9.88 Å². The van der Waals surface area contributed by atoms with Crippen molar-refractivity contribution in [2.24, 2.45) is 5.73 Å². The fraction of sp³-hybridized carbons (Fsp3) is 0.500. The van der Waals surface area contributed by atoms with Crippen molar-refractivity contribution in [2.75, 3.05) is 13.2 Å². The fourth-order valence-corrected chi connectivity index (χ4v) is 2.47. The Hall–Kier alpha value is -1.73. The predicted octanol–water partition coefficient (Wildman–Crippen LogP) is 0.0861. The van der Waals surface area contributed by atoms with Crippen LogP contribution in [-0.2, 0) is 16.1 Å². The summed E-state index contributed by atoms with van der Waals surface area (Å²) in [6, 6.07) is 3.44. The van der Waals surface area contributed by atoms with Crippen molar-refractivity contribution in [3.05, 3.63) is 33.7 Å². The lowest BCUT2D eigenvalue weighted by Gasteiger charge is -2.23. The Labute approximate surface area is 128 Å². The topological polar surface area (TPSA) is 86.4 Å². The summed E-state index contributed by atoms with van der Waals surface area (Å²) in [7, 11) is 0. The standard InChI is InChI=1S/C14H19N3O3S/c1-9-2-3-11(13(15)21)14(19)17(9)8-12(18)16-10-4-6-20-7-5-10/h2-3,10H,4-8H2,1H3,(H2,15,21)(H,16,18). The van der Waals surface area contributed by atoms with Crippen LogP contribution in [0.5, 0.6) is 0 Å². The molecule has 0 atom stereocenters. The molecular weight excluding hydrogens is 290 g/mol. The van der Waals surface area contributed by atoms with Crippen LogP contribution in [0.15, 0.2) is 16.9 Å². The van der Waals surface area contributed by atoms with Gasteiger partial charge in [-0.05, 0) is 31.9 Å². The molecule has 1 aromatic rings. The van der Waals surface area contributed by atoms with E-state index in [1.807, 2.05) is 0 Å². The van der Waals surface area contributed by atoms with Crippen LogP contribution in [0.25, 0.3) is 0 Å². The molecule has 1 saturated heterocycles. The Morgan fingerprint density at radius 2 is 2.14 bits per heavy atom. The second-order valence-corrected chi connectivity index (χ2v) is 5.54. The van der Waals surface area contributed by atoms with Crippen LogP contribution in [0, 0.1) is 6.92 Å². The van der Waals surface area contributed by atoms with Crippen LogP contribution in [0.1, 0.15) is 24.1 Å². The van der Waals surface area contributed by atoms with Gasteiger partial charge in [0, 0.05) is 24.9 Å². The molecule has 0 unspecified atom stereocenters. The van der Waals surface area contributed by atoms with Crippen LogP contribution in [0.4, 0.5) is 0 Å². The van der Waals surface area contributed by atoms with Gasteiger partial charge in [-0.25, -0.2) is 0 Å². The van der Waals surface area contributed by atoms with E-state index in [2.05, 4.69) is 5.32 Å². The summed E-state index contributed by atoms with van der Waals surface area (Å²) in [6.45, 7) is 3.05. The van der Waals surface area contributed by atoms with E-state index in [4.69, 9.17) is 22.7 Å². The Kier molecular flexibility index (Phi) is 5.08. The molecule has 3 N–H and O–H groups in total. The SMILES string of the molecule is Cc1ccc(C(N)=S)c(=O)n1CC(=O)NC1CCOCC1. The van der Waals surface area contributed by atoms with E-state index in [-0.39, 0.29) is 34.6 Å². The zero-order valence-corrected chi connectivity index (χ0v) is 12.7. The molecule has 114 valence electrons. The molecule has 0 aliphatic carbocycles. The molecule has 1 amide bonds. The third kappa shape index (κ3) is 3.89. The molecule has 6 nitrogen and oxygen atoms in total. The highest BCUT2D eigenvalue weighted by Crippen LogP contribution is 2.06. The average Bonchev–Trinajstić information content (AvgIpc) is 2.44. The number of rotatable bonds is 4. The molecule has 0 spiro atoms. The van der Waals surface area contributed by atoms with E-state index in [0.29, 0.717) is 18.9 Å². The monoisotopic (exact) mass is 309 g/mol. The first-order valence-corrected chi connectivity index (χ1v) is 7.27. The van der Waals surface area contributed by atoms with Crippen LogP contribution < -0.4 is 16.6 Å². The van der Waals surface area contributed by atoms with Crippen LogP contribution in [0.2, 0.25) is 0 Å². The minimum atomic E-state index is -0.329. The van der Waals surface area contributed by atoms with Gasteiger partial charge in [0.05, 0.1) is 5.56 Å². The Balaban J connectivity index is 2.11. The van der Waals surface area contributed by atoms with Gasteiger partial charge in [-0.1, -0.05) is 12.2 Å². The number of nitrogens with one attached hydrogen (secondary N) is 1. The van der Waals surface area contributed by atoms with E-state index in [0.717, 1.165) is 12.8 Å². The molecule has 7 heteroatoms. The maximum atomic E-state index is 12.3. The highest BCUT2D eigenvalue weighted by atomic mass is 32.1. The summed E-state index contributed by atoms with van der Waals surface area (Å²) in [6.07, 6.45) is 1.60. The summed E-state index contributed by atoms with van der Waals surface area (Å²) in [4.78, 5) is 24.4. The minimum absolute atomic E-state index is 0.0293. The number of hydrogen-bond acceptors (Lipinski definition) is 4. The number of thiocarbonyl (C=S) groups is 1. The van der Waals surface area contributed by atoms with Crippen LogP contribution in [0.3, 0.4) is 0 Å². The number of aryl methyl sites for hydroxylation is 1. The van der Waals surface area contributed by atoms with Gasteiger partial charge in [0.15, 0.2) is 0 Å². The smallest absolute Gasteiger partial charge is 0.261 e. The van der Waals surface area contributed by atoms with Crippen molar-refractivity contribution in [3.63, 3.8) is 0 Å². The van der Waals surface area contributed by atoms with E-state index < -0.39 is 0 Å². The molecule has 2 rings (SSSR count). The first-order valence-electron chi connectivity index (χ1n) is 6.86. The number of carbonyl (C=O) groups excluding carboxylic acids is 1. The number of nitrogens with two attached hydrogens (primary N) is 1. The van der Waals surface area contributed by atoms with Gasteiger partial charge in [-0.15, -0.1) is 0 Å². The first-order chi connectivity index (χ1) is 9.99. The van der Waals surface area contributed by atoms with Gasteiger partial charge >= 0.3 is 0 Å². The Bertz CT molecular complexity index is 606. The molecule has 0 bridgehead atoms. The summed E-state index contributed by atoms with van der Waals surface area (Å²) in [5.74, 6) is -0.188. The van der Waals surface area contributed by atoms with Crippen LogP contribution >= 0.6 is 12.2 Å². The van der Waals surface area contributed by atoms with Gasteiger partial charge in [-0.2, -0.15) is 0 Å². The molecule has 1 aromatic heterocycles. The minimum Gasteiger partial charge on any atom is -0.389 e. The van der Waals surface area contributed by atoms with E-state index in [9.17, 15) is 9.59 Å². The molecule has 0 saturated carbocycles. The largest absolute Gasteiger partial charge is 0.389 e. The normalized spacial score (nSPS) is 15.7. The maximum absolute atomic E-state index is 12.3. The van der Waals surface area contributed by atoms with Gasteiger partial charge in [-0.3, -0.25) is 9.59 Å². The predicted molar refractivity (Wildman–Crippen MR) is 83.3 cm³/mol. The molecule has 1 fully saturated rings. The maximum Gasteiger partial charge on any atom is 0.261 e. The van der Waals surface area contributed by atoms with E-state index >= 15 is 0 Å². The van der Waals surface area contributed by atoms with E-state index in [1.165, 1.54) is 4.57 Å². The molecular formula is C14H19N3O3S. The quantitative estimate of drug-likeness (QED) is 0.770. The molecule has 0 aromatic carbocycles. The van der Waals surface area contributed by atoms with Crippen LogP contribution in [-0.4, -0.2) is 34.7 Å². The zero-order chi connectivity index (χ0) is 15.4. The van der Waals surface area contributed by atoms with Crippen molar-refractivity contribution >= 4 is 23.1 Å². The number of aromatic nitrogens is 1. The lowest BCUT2D eigenvalue weighted by molar-refractivity contribution is -0.123. The third-order valence-corrected chi connectivity index (χ3v) is 3.77. The first kappa shape index (κ1) is 15.7.